The van der Waals surface area contributed by atoms with Crippen LogP contribution in [0.15, 0.2) is 46.6 Å². The SMILES string of the molecule is COc1ccc(CC(c2sc(N3CCCC(NC(=O)OC(C)(C)C)C3)nc2O)=c2ccc3c(c2)C=NN=3)c(C(F)(F)F)c1. The molecule has 1 amide bonds. The van der Waals surface area contributed by atoms with E-state index in [1.54, 1.807) is 45.2 Å². The number of benzene rings is 2. The lowest BCUT2D eigenvalue weighted by Gasteiger charge is -2.33. The molecule has 0 saturated carbocycles. The molecule has 5 rings (SSSR count). The van der Waals surface area contributed by atoms with Crippen LogP contribution in [-0.2, 0) is 17.3 Å². The normalized spacial score (nSPS) is 17.3. The van der Waals surface area contributed by atoms with E-state index in [0.717, 1.165) is 24.5 Å². The fourth-order valence-electron chi connectivity index (χ4n) is 5.07. The maximum absolute atomic E-state index is 14.1. The molecular weight excluding hydrogens is 583 g/mol. The highest BCUT2D eigenvalue weighted by Crippen LogP contribution is 2.40. The number of thiazole rings is 1. The third-order valence-corrected chi connectivity index (χ3v) is 8.18. The van der Waals surface area contributed by atoms with E-state index in [4.69, 9.17) is 9.47 Å². The zero-order chi connectivity index (χ0) is 30.9. The van der Waals surface area contributed by atoms with E-state index in [9.17, 15) is 23.1 Å². The van der Waals surface area contributed by atoms with Crippen LogP contribution in [0.5, 0.6) is 11.6 Å². The number of fused-ring (bicyclic) bond motifs is 1. The monoisotopic (exact) mass is 615 g/mol. The van der Waals surface area contributed by atoms with E-state index in [1.807, 2.05) is 4.90 Å². The van der Waals surface area contributed by atoms with Gasteiger partial charge in [0.05, 0.1) is 29.1 Å². The second kappa shape index (κ2) is 11.9. The highest BCUT2D eigenvalue weighted by atomic mass is 32.1. The van der Waals surface area contributed by atoms with Gasteiger partial charge in [0.1, 0.15) is 11.4 Å². The van der Waals surface area contributed by atoms with Gasteiger partial charge in [-0.05, 0) is 74.2 Å². The number of nitrogens with one attached hydrogen (secondary N) is 1. The number of carbonyl (C=O) groups excluding carboxylic acids is 1. The number of nitrogens with zero attached hydrogens (tertiary/aromatic N) is 4. The van der Waals surface area contributed by atoms with Crippen molar-refractivity contribution >= 4 is 34.3 Å². The number of piperidine rings is 1. The Hall–Kier alpha value is -4.13. The summed E-state index contributed by atoms with van der Waals surface area (Å²) < 4.78 is 52.9. The molecule has 0 radical (unpaired) electrons. The molecule has 228 valence electrons. The van der Waals surface area contributed by atoms with Crippen LogP contribution >= 0.6 is 11.3 Å². The van der Waals surface area contributed by atoms with Crippen LogP contribution in [0.25, 0.3) is 5.57 Å². The summed E-state index contributed by atoms with van der Waals surface area (Å²) >= 11 is 1.19. The molecule has 1 fully saturated rings. The number of hydrogen-bond acceptors (Lipinski definition) is 9. The fourth-order valence-corrected chi connectivity index (χ4v) is 6.13. The van der Waals surface area contributed by atoms with Crippen molar-refractivity contribution in [2.75, 3.05) is 25.1 Å². The lowest BCUT2D eigenvalue weighted by atomic mass is 9.96. The highest BCUT2D eigenvalue weighted by Gasteiger charge is 2.35. The number of ether oxygens (including phenoxy) is 2. The molecule has 0 bridgehead atoms. The summed E-state index contributed by atoms with van der Waals surface area (Å²) in [5.74, 6) is -0.186. The number of alkyl halides is 3. The predicted molar refractivity (Wildman–Crippen MR) is 157 cm³/mol. The van der Waals surface area contributed by atoms with Crippen molar-refractivity contribution in [1.82, 2.24) is 10.3 Å². The molecule has 1 aromatic heterocycles. The molecule has 0 aliphatic carbocycles. The Labute approximate surface area is 250 Å². The average molecular weight is 616 g/mol. The van der Waals surface area contributed by atoms with Gasteiger partial charge in [0, 0.05) is 31.1 Å². The number of alkyl carbamates (subject to hydrolysis) is 1. The van der Waals surface area contributed by atoms with Gasteiger partial charge >= 0.3 is 12.3 Å². The van der Waals surface area contributed by atoms with Crippen molar-refractivity contribution in [2.24, 2.45) is 10.2 Å². The Morgan fingerprint density at radius 1 is 1.19 bits per heavy atom. The number of carbonyl (C=O) groups is 1. The molecule has 2 aromatic carbocycles. The molecule has 13 heteroatoms. The minimum absolute atomic E-state index is 0.0242. The zero-order valence-corrected chi connectivity index (χ0v) is 25.0. The quantitative estimate of drug-likeness (QED) is 0.414. The van der Waals surface area contributed by atoms with Gasteiger partial charge in [0.2, 0.25) is 5.88 Å². The summed E-state index contributed by atoms with van der Waals surface area (Å²) in [6.07, 6.45) is -2.18. The van der Waals surface area contributed by atoms with Crippen molar-refractivity contribution in [3.05, 3.63) is 68.5 Å². The van der Waals surface area contributed by atoms with Crippen molar-refractivity contribution in [3.63, 3.8) is 0 Å². The number of aromatic hydroxyl groups is 1. The van der Waals surface area contributed by atoms with Crippen molar-refractivity contribution in [3.8, 4) is 11.6 Å². The number of hydrogen-bond donors (Lipinski definition) is 2. The topological polar surface area (TPSA) is 109 Å². The van der Waals surface area contributed by atoms with E-state index in [-0.39, 0.29) is 29.7 Å². The standard InChI is InChI=1S/C30H32F3N5O4S/c1-29(2,3)42-28(40)35-20-6-5-11-38(16-20)27-36-26(39)25(43-27)22(17-8-10-24-19(12-17)15-34-37-24)13-18-7-9-21(41-4)14-23(18)30(31,32)33/h7-10,12,14-15,20,39H,5-6,11,13,16H2,1-4H3,(H,35,40). The maximum atomic E-state index is 14.1. The van der Waals surface area contributed by atoms with E-state index in [2.05, 4.69) is 20.5 Å². The van der Waals surface area contributed by atoms with Gasteiger partial charge in [-0.25, -0.2) is 4.79 Å². The first kappa shape index (κ1) is 30.3. The molecule has 1 atom stereocenters. The van der Waals surface area contributed by atoms with Crippen LogP contribution in [0.2, 0.25) is 0 Å². The van der Waals surface area contributed by atoms with E-state index in [1.165, 1.54) is 30.6 Å². The lowest BCUT2D eigenvalue weighted by molar-refractivity contribution is -0.138. The number of methoxy groups -OCH3 is 1. The molecule has 43 heavy (non-hydrogen) atoms. The first-order chi connectivity index (χ1) is 20.3. The average Bonchev–Trinajstić information content (AvgIpc) is 3.56. The lowest BCUT2D eigenvalue weighted by Crippen LogP contribution is -2.49. The Balaban J connectivity index is 1.52. The minimum atomic E-state index is -4.62. The fraction of sp³-hybridized carbons (Fsp3) is 0.400. The third kappa shape index (κ3) is 7.10. The molecule has 3 aromatic rings. The first-order valence-electron chi connectivity index (χ1n) is 13.7. The van der Waals surface area contributed by atoms with Gasteiger partial charge in [-0.2, -0.15) is 28.4 Å². The first-order valence-corrected chi connectivity index (χ1v) is 14.6. The van der Waals surface area contributed by atoms with Gasteiger partial charge in [-0.3, -0.25) is 0 Å². The molecule has 2 aliphatic heterocycles. The zero-order valence-electron chi connectivity index (χ0n) is 24.2. The molecule has 1 unspecified atom stereocenters. The van der Waals surface area contributed by atoms with E-state index < -0.39 is 23.4 Å². The highest BCUT2D eigenvalue weighted by molar-refractivity contribution is 7.17. The molecule has 3 heterocycles. The second-order valence-corrected chi connectivity index (χ2v) is 12.4. The number of rotatable bonds is 6. The number of halogens is 3. The largest absolute Gasteiger partial charge is 0.497 e. The molecule has 2 N–H and O–H groups in total. The van der Waals surface area contributed by atoms with Crippen LogP contribution in [0.1, 0.15) is 55.2 Å². The molecule has 1 saturated heterocycles. The third-order valence-electron chi connectivity index (χ3n) is 7.01. The number of aromatic nitrogens is 1. The second-order valence-electron chi connectivity index (χ2n) is 11.4. The summed E-state index contributed by atoms with van der Waals surface area (Å²) in [6, 6.07) is 8.95. The minimum Gasteiger partial charge on any atom is -0.497 e. The molecule has 9 nitrogen and oxygen atoms in total. The summed E-state index contributed by atoms with van der Waals surface area (Å²) in [5, 5.41) is 23.7. The summed E-state index contributed by atoms with van der Waals surface area (Å²) in [4.78, 5) is 19.1. The predicted octanol–water partition coefficient (Wildman–Crippen LogP) is 4.78. The van der Waals surface area contributed by atoms with Crippen LogP contribution in [0.4, 0.5) is 23.1 Å². The number of amides is 1. The van der Waals surface area contributed by atoms with Gasteiger partial charge < -0.3 is 24.8 Å². The van der Waals surface area contributed by atoms with Crippen LogP contribution in [0.3, 0.4) is 0 Å². The van der Waals surface area contributed by atoms with Gasteiger partial charge in [-0.15, -0.1) is 0 Å². The maximum Gasteiger partial charge on any atom is 0.416 e. The van der Waals surface area contributed by atoms with Crippen molar-refractivity contribution in [2.45, 2.75) is 57.9 Å². The molecular formula is C30H32F3N5O4S. The van der Waals surface area contributed by atoms with Crippen LogP contribution < -0.4 is 25.5 Å². The Kier molecular flexibility index (Phi) is 8.37. The van der Waals surface area contributed by atoms with Gasteiger partial charge in [0.25, 0.3) is 0 Å². The molecule has 0 spiro atoms. The van der Waals surface area contributed by atoms with E-state index >= 15 is 0 Å². The van der Waals surface area contributed by atoms with Crippen LogP contribution in [-0.4, -0.2) is 54.2 Å². The number of anilines is 1. The van der Waals surface area contributed by atoms with Crippen molar-refractivity contribution < 1.29 is 32.5 Å². The summed E-state index contributed by atoms with van der Waals surface area (Å²) in [7, 11) is 1.31. The van der Waals surface area contributed by atoms with Crippen molar-refractivity contribution in [1.29, 1.82) is 0 Å². The smallest absolute Gasteiger partial charge is 0.416 e. The summed E-state index contributed by atoms with van der Waals surface area (Å²) in [6.45, 7) is 6.45. The summed E-state index contributed by atoms with van der Waals surface area (Å²) in [5.41, 5.74) is -0.236. The molecule has 2 aliphatic rings. The Bertz CT molecular complexity index is 1680. The Morgan fingerprint density at radius 3 is 2.70 bits per heavy atom. The van der Waals surface area contributed by atoms with E-state index in [0.29, 0.717) is 39.2 Å². The van der Waals surface area contributed by atoms with Crippen LogP contribution in [0, 0.1) is 0 Å². The van der Waals surface area contributed by atoms with Gasteiger partial charge in [0.15, 0.2) is 5.13 Å². The Morgan fingerprint density at radius 2 is 1.98 bits per heavy atom. The van der Waals surface area contributed by atoms with Gasteiger partial charge in [-0.1, -0.05) is 23.5 Å².